The lowest BCUT2D eigenvalue weighted by atomic mass is 10.2. The topological polar surface area (TPSA) is 70.5 Å². The molecule has 0 aliphatic heterocycles. The number of nitrogens with zero attached hydrogens (tertiary/aromatic N) is 2. The van der Waals surface area contributed by atoms with Crippen LogP contribution in [0.3, 0.4) is 0 Å². The average molecular weight is 350 g/mol. The third kappa shape index (κ3) is 4.57. The second-order valence-electron chi connectivity index (χ2n) is 5.40. The van der Waals surface area contributed by atoms with Gasteiger partial charge in [0.15, 0.2) is 0 Å². The van der Waals surface area contributed by atoms with Crippen LogP contribution in [0, 0.1) is 6.92 Å². The van der Waals surface area contributed by atoms with Gasteiger partial charge < -0.3 is 14.2 Å². The molecule has 0 saturated heterocycles. The second kappa shape index (κ2) is 8.62. The number of esters is 1. The summed E-state index contributed by atoms with van der Waals surface area (Å²) in [6.07, 6.45) is 4.72. The third-order valence-electron chi connectivity index (χ3n) is 3.51. The molecule has 0 aliphatic rings. The van der Waals surface area contributed by atoms with Crippen molar-refractivity contribution in [1.82, 2.24) is 9.97 Å². The van der Waals surface area contributed by atoms with Crippen LogP contribution in [0.2, 0.25) is 0 Å². The lowest BCUT2D eigenvalue weighted by molar-refractivity contribution is 0.0446. The number of benzene rings is 1. The fourth-order valence-electron chi connectivity index (χ4n) is 2.23. The van der Waals surface area contributed by atoms with Crippen LogP contribution in [0.4, 0.5) is 0 Å². The van der Waals surface area contributed by atoms with Crippen LogP contribution in [0.1, 0.15) is 15.9 Å². The van der Waals surface area contributed by atoms with Crippen molar-refractivity contribution in [1.29, 1.82) is 0 Å². The Balaban J connectivity index is 1.57. The standard InChI is InChI=1S/C20H18N2O4/c1-15-6-2-3-9-18(15)24-12-13-25-20(23)17-8-5-11-22-19(17)26-16-7-4-10-21-14-16/h2-11,14H,12-13H2,1H3. The first kappa shape index (κ1) is 17.4. The molecule has 0 fully saturated rings. The maximum atomic E-state index is 12.3. The van der Waals surface area contributed by atoms with Gasteiger partial charge in [-0.25, -0.2) is 9.78 Å². The molecule has 2 heterocycles. The summed E-state index contributed by atoms with van der Waals surface area (Å²) in [5.41, 5.74) is 1.27. The summed E-state index contributed by atoms with van der Waals surface area (Å²) in [6.45, 7) is 2.34. The quantitative estimate of drug-likeness (QED) is 0.477. The molecule has 0 amide bonds. The molecule has 0 saturated carbocycles. The van der Waals surface area contributed by atoms with Gasteiger partial charge in [-0.15, -0.1) is 0 Å². The zero-order chi connectivity index (χ0) is 18.2. The van der Waals surface area contributed by atoms with E-state index in [2.05, 4.69) is 9.97 Å². The molecule has 0 unspecified atom stereocenters. The number of rotatable bonds is 7. The van der Waals surface area contributed by atoms with E-state index in [9.17, 15) is 4.79 Å². The molecular weight excluding hydrogens is 332 g/mol. The molecule has 0 N–H and O–H groups in total. The maximum absolute atomic E-state index is 12.3. The van der Waals surface area contributed by atoms with Gasteiger partial charge in [-0.2, -0.15) is 0 Å². The highest BCUT2D eigenvalue weighted by Crippen LogP contribution is 2.22. The van der Waals surface area contributed by atoms with E-state index in [-0.39, 0.29) is 24.7 Å². The van der Waals surface area contributed by atoms with Crippen LogP contribution in [-0.2, 0) is 4.74 Å². The number of hydrogen-bond donors (Lipinski definition) is 0. The van der Waals surface area contributed by atoms with Crippen LogP contribution < -0.4 is 9.47 Å². The molecule has 0 spiro atoms. The highest BCUT2D eigenvalue weighted by Gasteiger charge is 2.16. The molecule has 0 atom stereocenters. The summed E-state index contributed by atoms with van der Waals surface area (Å²) < 4.78 is 16.5. The molecule has 3 rings (SSSR count). The number of para-hydroxylation sites is 1. The van der Waals surface area contributed by atoms with E-state index in [0.717, 1.165) is 11.3 Å². The van der Waals surface area contributed by atoms with Gasteiger partial charge in [-0.3, -0.25) is 4.98 Å². The molecule has 2 aromatic heterocycles. The third-order valence-corrected chi connectivity index (χ3v) is 3.51. The summed E-state index contributed by atoms with van der Waals surface area (Å²) in [5, 5.41) is 0. The van der Waals surface area contributed by atoms with Gasteiger partial charge >= 0.3 is 5.97 Å². The number of carbonyl (C=O) groups is 1. The van der Waals surface area contributed by atoms with Gasteiger partial charge in [0.05, 0.1) is 6.20 Å². The summed E-state index contributed by atoms with van der Waals surface area (Å²) in [6, 6.07) is 14.4. The summed E-state index contributed by atoms with van der Waals surface area (Å²) in [7, 11) is 0. The van der Waals surface area contributed by atoms with Crippen molar-refractivity contribution in [2.45, 2.75) is 6.92 Å². The van der Waals surface area contributed by atoms with Crippen LogP contribution in [0.15, 0.2) is 67.1 Å². The zero-order valence-corrected chi connectivity index (χ0v) is 14.3. The van der Waals surface area contributed by atoms with E-state index in [4.69, 9.17) is 14.2 Å². The number of ether oxygens (including phenoxy) is 3. The Morgan fingerprint density at radius 2 is 1.85 bits per heavy atom. The minimum absolute atomic E-state index is 0.119. The van der Waals surface area contributed by atoms with Gasteiger partial charge in [-0.05, 0) is 42.8 Å². The molecule has 6 heteroatoms. The SMILES string of the molecule is Cc1ccccc1OCCOC(=O)c1cccnc1Oc1cccnc1. The van der Waals surface area contributed by atoms with Crippen molar-refractivity contribution in [3.05, 3.63) is 78.2 Å². The van der Waals surface area contributed by atoms with Gasteiger partial charge in [-0.1, -0.05) is 18.2 Å². The Bertz CT molecular complexity index is 868. The smallest absolute Gasteiger partial charge is 0.343 e. The van der Waals surface area contributed by atoms with Crippen molar-refractivity contribution in [2.24, 2.45) is 0 Å². The van der Waals surface area contributed by atoms with E-state index < -0.39 is 5.97 Å². The highest BCUT2D eigenvalue weighted by molar-refractivity contribution is 5.91. The molecular formula is C20H18N2O4. The minimum atomic E-state index is -0.523. The van der Waals surface area contributed by atoms with E-state index in [1.54, 1.807) is 42.9 Å². The van der Waals surface area contributed by atoms with E-state index >= 15 is 0 Å². The van der Waals surface area contributed by atoms with Crippen molar-refractivity contribution in [3.8, 4) is 17.4 Å². The van der Waals surface area contributed by atoms with Crippen LogP contribution in [0.25, 0.3) is 0 Å². The Hall–Kier alpha value is -3.41. The highest BCUT2D eigenvalue weighted by atomic mass is 16.6. The summed E-state index contributed by atoms with van der Waals surface area (Å²) in [4.78, 5) is 20.4. The average Bonchev–Trinajstić information content (AvgIpc) is 2.67. The molecule has 0 aliphatic carbocycles. The monoisotopic (exact) mass is 350 g/mol. The van der Waals surface area contributed by atoms with Gasteiger partial charge in [0, 0.05) is 12.4 Å². The largest absolute Gasteiger partial charge is 0.490 e. The first-order chi connectivity index (χ1) is 12.7. The number of aromatic nitrogens is 2. The summed E-state index contributed by atoms with van der Waals surface area (Å²) >= 11 is 0. The molecule has 0 bridgehead atoms. The first-order valence-corrected chi connectivity index (χ1v) is 8.12. The predicted octanol–water partition coefficient (Wildman–Crippen LogP) is 3.81. The Morgan fingerprint density at radius 3 is 2.65 bits per heavy atom. The van der Waals surface area contributed by atoms with Crippen molar-refractivity contribution >= 4 is 5.97 Å². The number of hydrogen-bond acceptors (Lipinski definition) is 6. The molecule has 6 nitrogen and oxygen atoms in total. The Morgan fingerprint density at radius 1 is 1.00 bits per heavy atom. The van der Waals surface area contributed by atoms with Crippen molar-refractivity contribution in [3.63, 3.8) is 0 Å². The summed E-state index contributed by atoms with van der Waals surface area (Å²) in [5.74, 6) is 0.907. The molecule has 0 radical (unpaired) electrons. The molecule has 26 heavy (non-hydrogen) atoms. The number of carbonyl (C=O) groups excluding carboxylic acids is 1. The maximum Gasteiger partial charge on any atom is 0.343 e. The van der Waals surface area contributed by atoms with Crippen molar-refractivity contribution in [2.75, 3.05) is 13.2 Å². The fraction of sp³-hybridized carbons (Fsp3) is 0.150. The van der Waals surface area contributed by atoms with Crippen LogP contribution in [0.5, 0.6) is 17.4 Å². The van der Waals surface area contributed by atoms with Crippen molar-refractivity contribution < 1.29 is 19.0 Å². The van der Waals surface area contributed by atoms with Crippen LogP contribution in [-0.4, -0.2) is 29.2 Å². The number of pyridine rings is 2. The van der Waals surface area contributed by atoms with Gasteiger partial charge in [0.25, 0.3) is 0 Å². The zero-order valence-electron chi connectivity index (χ0n) is 14.3. The minimum Gasteiger partial charge on any atom is -0.490 e. The normalized spacial score (nSPS) is 10.2. The van der Waals surface area contributed by atoms with E-state index in [1.807, 2.05) is 31.2 Å². The second-order valence-corrected chi connectivity index (χ2v) is 5.40. The fourth-order valence-corrected chi connectivity index (χ4v) is 2.23. The molecule has 132 valence electrons. The molecule has 1 aromatic carbocycles. The Labute approximate surface area is 151 Å². The van der Waals surface area contributed by atoms with Gasteiger partial charge in [0.1, 0.15) is 30.3 Å². The van der Waals surface area contributed by atoms with E-state index in [1.165, 1.54) is 0 Å². The number of aryl methyl sites for hydroxylation is 1. The van der Waals surface area contributed by atoms with Gasteiger partial charge in [0.2, 0.25) is 5.88 Å². The van der Waals surface area contributed by atoms with E-state index in [0.29, 0.717) is 5.75 Å². The molecule has 3 aromatic rings. The lowest BCUT2D eigenvalue weighted by Crippen LogP contribution is -2.13. The van der Waals surface area contributed by atoms with Crippen LogP contribution >= 0.6 is 0 Å². The lowest BCUT2D eigenvalue weighted by Gasteiger charge is -2.11. The first-order valence-electron chi connectivity index (χ1n) is 8.12. The predicted molar refractivity (Wildman–Crippen MR) is 95.5 cm³/mol. The Kier molecular flexibility index (Phi) is 5.77.